The summed E-state index contributed by atoms with van der Waals surface area (Å²) in [7, 11) is 0. The van der Waals surface area contributed by atoms with Crippen molar-refractivity contribution in [2.75, 3.05) is 0 Å². The number of nitrogens with zero attached hydrogens (tertiary/aromatic N) is 1. The summed E-state index contributed by atoms with van der Waals surface area (Å²) in [4.78, 5) is 30.7. The summed E-state index contributed by atoms with van der Waals surface area (Å²) < 4.78 is 13.8. The fourth-order valence-corrected chi connectivity index (χ4v) is 5.77. The molecule has 30 heavy (non-hydrogen) atoms. The molecule has 0 saturated carbocycles. The molecule has 0 saturated heterocycles. The van der Waals surface area contributed by atoms with E-state index in [0.717, 1.165) is 41.0 Å². The van der Waals surface area contributed by atoms with Crippen molar-refractivity contribution in [1.29, 1.82) is 0 Å². The third-order valence-corrected chi connectivity index (χ3v) is 7.42. The molecule has 1 N–H and O–H groups in total. The van der Waals surface area contributed by atoms with Gasteiger partial charge < -0.3 is 9.94 Å². The summed E-state index contributed by atoms with van der Waals surface area (Å²) in [5, 5.41) is 13.0. The SMILES string of the molecule is CC1(c2cc(Cl)c(F)c(Cl)c2)CC(c2sc(C(=O)CCC(=O)O)c3c2CCC3)=NO1. The number of Topliss-reactive ketones (excluding diaryl/α,β-unsaturated/α-hetero) is 1. The Hall–Kier alpha value is -1.96. The van der Waals surface area contributed by atoms with Gasteiger partial charge in [-0.25, -0.2) is 4.39 Å². The van der Waals surface area contributed by atoms with Gasteiger partial charge >= 0.3 is 5.97 Å². The van der Waals surface area contributed by atoms with Crippen LogP contribution >= 0.6 is 34.5 Å². The molecule has 2 aliphatic rings. The lowest BCUT2D eigenvalue weighted by atomic mass is 9.90. The molecule has 1 aromatic heterocycles. The lowest BCUT2D eigenvalue weighted by Gasteiger charge is -2.22. The fourth-order valence-electron chi connectivity index (χ4n) is 3.94. The third kappa shape index (κ3) is 3.74. The number of hydrogen-bond acceptors (Lipinski definition) is 5. The van der Waals surface area contributed by atoms with Crippen molar-refractivity contribution in [2.45, 2.75) is 51.0 Å². The summed E-state index contributed by atoms with van der Waals surface area (Å²) in [5.41, 5.74) is 2.58. The fraction of sp³-hybridized carbons (Fsp3) is 0.381. The van der Waals surface area contributed by atoms with Crippen molar-refractivity contribution < 1.29 is 23.9 Å². The second-order valence-electron chi connectivity index (χ2n) is 7.68. The highest BCUT2D eigenvalue weighted by atomic mass is 35.5. The van der Waals surface area contributed by atoms with Gasteiger partial charge in [0.2, 0.25) is 0 Å². The molecule has 1 aromatic carbocycles. The van der Waals surface area contributed by atoms with E-state index in [1.54, 1.807) is 0 Å². The number of aliphatic carboxylic acids is 1. The molecular formula is C21H18Cl2FNO4S. The second kappa shape index (κ2) is 7.94. The molecule has 0 bridgehead atoms. The number of carbonyl (C=O) groups excluding carboxylic acids is 1. The van der Waals surface area contributed by atoms with Crippen LogP contribution in [0.1, 0.15) is 63.8 Å². The van der Waals surface area contributed by atoms with E-state index in [-0.39, 0.29) is 28.7 Å². The highest BCUT2D eigenvalue weighted by Crippen LogP contribution is 2.43. The molecule has 5 nitrogen and oxygen atoms in total. The monoisotopic (exact) mass is 469 g/mol. The summed E-state index contributed by atoms with van der Waals surface area (Å²) in [6.45, 7) is 1.83. The number of fused-ring (bicyclic) bond motifs is 1. The predicted molar refractivity (Wildman–Crippen MR) is 114 cm³/mol. The van der Waals surface area contributed by atoms with Gasteiger partial charge in [-0.2, -0.15) is 0 Å². The van der Waals surface area contributed by atoms with Crippen LogP contribution in [0.4, 0.5) is 4.39 Å². The van der Waals surface area contributed by atoms with Crippen LogP contribution in [0.2, 0.25) is 10.0 Å². The predicted octanol–water partition coefficient (Wildman–Crippen LogP) is 5.77. The lowest BCUT2D eigenvalue weighted by Crippen LogP contribution is -2.22. The maximum atomic E-state index is 13.8. The van der Waals surface area contributed by atoms with E-state index in [4.69, 9.17) is 33.1 Å². The first-order valence-electron chi connectivity index (χ1n) is 9.49. The third-order valence-electron chi connectivity index (χ3n) is 5.51. The molecule has 0 spiro atoms. The Morgan fingerprint density at radius 3 is 2.57 bits per heavy atom. The van der Waals surface area contributed by atoms with Gasteiger partial charge in [0.25, 0.3) is 0 Å². The maximum Gasteiger partial charge on any atom is 0.303 e. The molecule has 158 valence electrons. The number of halogens is 3. The summed E-state index contributed by atoms with van der Waals surface area (Å²) in [6, 6.07) is 2.97. The van der Waals surface area contributed by atoms with Crippen LogP contribution in [0.25, 0.3) is 0 Å². The Labute approximate surface area is 186 Å². The van der Waals surface area contributed by atoms with Crippen molar-refractivity contribution in [3.63, 3.8) is 0 Å². The molecule has 1 aliphatic heterocycles. The van der Waals surface area contributed by atoms with Crippen molar-refractivity contribution in [1.82, 2.24) is 0 Å². The van der Waals surface area contributed by atoms with Gasteiger partial charge in [-0.1, -0.05) is 28.4 Å². The number of oxime groups is 1. The number of carboxylic acid groups (broad SMARTS) is 1. The summed E-state index contributed by atoms with van der Waals surface area (Å²) in [6.07, 6.45) is 2.80. The number of hydrogen-bond donors (Lipinski definition) is 1. The van der Waals surface area contributed by atoms with Crippen LogP contribution in [-0.4, -0.2) is 22.6 Å². The largest absolute Gasteiger partial charge is 0.481 e. The molecule has 1 unspecified atom stereocenters. The molecule has 0 fully saturated rings. The van der Waals surface area contributed by atoms with Crippen LogP contribution in [-0.2, 0) is 28.1 Å². The number of benzene rings is 1. The zero-order valence-corrected chi connectivity index (χ0v) is 18.4. The van der Waals surface area contributed by atoms with Crippen LogP contribution in [0, 0.1) is 5.82 Å². The molecular weight excluding hydrogens is 452 g/mol. The van der Waals surface area contributed by atoms with E-state index in [9.17, 15) is 14.0 Å². The molecule has 2 aromatic rings. The topological polar surface area (TPSA) is 76.0 Å². The van der Waals surface area contributed by atoms with E-state index < -0.39 is 17.4 Å². The molecule has 0 radical (unpaired) electrons. The van der Waals surface area contributed by atoms with Gasteiger partial charge in [0, 0.05) is 18.4 Å². The summed E-state index contributed by atoms with van der Waals surface area (Å²) >= 11 is 13.3. The molecule has 4 rings (SSSR count). The van der Waals surface area contributed by atoms with Gasteiger partial charge in [-0.3, -0.25) is 9.59 Å². The van der Waals surface area contributed by atoms with E-state index in [2.05, 4.69) is 5.16 Å². The van der Waals surface area contributed by atoms with Crippen molar-refractivity contribution in [2.24, 2.45) is 5.16 Å². The number of carboxylic acids is 1. The molecule has 2 heterocycles. The van der Waals surface area contributed by atoms with Gasteiger partial charge in [0.1, 0.15) is 5.71 Å². The Morgan fingerprint density at radius 1 is 1.23 bits per heavy atom. The number of ketones is 1. The molecule has 0 amide bonds. The van der Waals surface area contributed by atoms with Crippen LogP contribution < -0.4 is 0 Å². The Bertz CT molecular complexity index is 1070. The normalized spacial score (nSPS) is 20.1. The van der Waals surface area contributed by atoms with Gasteiger partial charge in [0.15, 0.2) is 17.2 Å². The van der Waals surface area contributed by atoms with Gasteiger partial charge in [0.05, 0.1) is 26.2 Å². The van der Waals surface area contributed by atoms with Crippen LogP contribution in [0.3, 0.4) is 0 Å². The maximum absolute atomic E-state index is 13.8. The highest BCUT2D eigenvalue weighted by Gasteiger charge is 2.40. The van der Waals surface area contributed by atoms with Crippen molar-refractivity contribution >= 4 is 52.0 Å². The first-order chi connectivity index (χ1) is 14.2. The summed E-state index contributed by atoms with van der Waals surface area (Å²) in [5.74, 6) is -1.81. The quantitative estimate of drug-likeness (QED) is 0.430. The zero-order chi connectivity index (χ0) is 21.6. The van der Waals surface area contributed by atoms with Gasteiger partial charge in [-0.05, 0) is 49.4 Å². The molecule has 1 aliphatic carbocycles. The second-order valence-corrected chi connectivity index (χ2v) is 9.51. The van der Waals surface area contributed by atoms with E-state index >= 15 is 0 Å². The van der Waals surface area contributed by atoms with Gasteiger partial charge in [-0.15, -0.1) is 11.3 Å². The van der Waals surface area contributed by atoms with Crippen molar-refractivity contribution in [3.05, 3.63) is 54.4 Å². The molecule has 9 heteroatoms. The zero-order valence-electron chi connectivity index (χ0n) is 16.1. The van der Waals surface area contributed by atoms with E-state index in [1.807, 2.05) is 6.92 Å². The standard InChI is InChI=1S/C21H18Cl2FNO4S/c1-21(10-7-13(22)18(24)14(23)8-10)9-15(25-29-21)19-11-3-2-4-12(11)20(30-19)16(26)5-6-17(27)28/h7-8H,2-6,9H2,1H3,(H,27,28). The van der Waals surface area contributed by atoms with Crippen LogP contribution in [0.15, 0.2) is 17.3 Å². The average molecular weight is 470 g/mol. The smallest absolute Gasteiger partial charge is 0.303 e. The number of carbonyl (C=O) groups is 2. The Kier molecular flexibility index (Phi) is 5.64. The molecule has 1 atom stereocenters. The first kappa shape index (κ1) is 21.3. The lowest BCUT2D eigenvalue weighted by molar-refractivity contribution is -0.136. The van der Waals surface area contributed by atoms with Crippen molar-refractivity contribution in [3.8, 4) is 0 Å². The minimum Gasteiger partial charge on any atom is -0.481 e. The average Bonchev–Trinajstić information content (AvgIpc) is 3.39. The minimum absolute atomic E-state index is 0.0189. The number of thiophene rings is 1. The number of rotatable bonds is 6. The first-order valence-corrected chi connectivity index (χ1v) is 11.1. The van der Waals surface area contributed by atoms with Crippen LogP contribution in [0.5, 0.6) is 0 Å². The van der Waals surface area contributed by atoms with E-state index in [1.165, 1.54) is 23.5 Å². The van der Waals surface area contributed by atoms with E-state index in [0.29, 0.717) is 16.9 Å². The Balaban J connectivity index is 1.62. The highest BCUT2D eigenvalue weighted by molar-refractivity contribution is 7.16. The Morgan fingerprint density at radius 2 is 1.90 bits per heavy atom. The minimum atomic E-state index is -0.988.